The normalized spacial score (nSPS) is 10.6. The Morgan fingerprint density at radius 1 is 1.14 bits per heavy atom. The van der Waals surface area contributed by atoms with Crippen molar-refractivity contribution in [3.8, 4) is 28.3 Å². The Balaban J connectivity index is 2.15. The molecule has 0 aliphatic carbocycles. The smallest absolute Gasteiger partial charge is 0.294 e. The van der Waals surface area contributed by atoms with E-state index in [0.717, 1.165) is 26.9 Å². The molecule has 0 amide bonds. The number of rotatable bonds is 4. The molecule has 106 valence electrons. The van der Waals surface area contributed by atoms with Crippen LogP contribution in [-0.2, 0) is 0 Å². The summed E-state index contributed by atoms with van der Waals surface area (Å²) in [4.78, 5) is 4.42. The second kappa shape index (κ2) is 6.14. The summed E-state index contributed by atoms with van der Waals surface area (Å²) in [6.07, 6.45) is 3.49. The Hall–Kier alpha value is -2.07. The Morgan fingerprint density at radius 2 is 1.95 bits per heavy atom. The highest BCUT2D eigenvalue weighted by Gasteiger charge is 2.19. The molecule has 4 heteroatoms. The Kier molecular flexibility index (Phi) is 4.06. The van der Waals surface area contributed by atoms with E-state index in [0.29, 0.717) is 12.6 Å². The SMILES string of the molecule is CCOc1occ(-c2ccc(Br)cc2)c1-c1ccccn1. The van der Waals surface area contributed by atoms with Crippen LogP contribution < -0.4 is 4.74 Å². The number of furan rings is 1. The zero-order chi connectivity index (χ0) is 14.7. The van der Waals surface area contributed by atoms with Gasteiger partial charge < -0.3 is 9.15 Å². The Labute approximate surface area is 131 Å². The van der Waals surface area contributed by atoms with Crippen LogP contribution in [0.1, 0.15) is 6.92 Å². The topological polar surface area (TPSA) is 35.3 Å². The molecular formula is C17H14BrNO2. The van der Waals surface area contributed by atoms with E-state index >= 15 is 0 Å². The molecule has 1 aromatic carbocycles. The van der Waals surface area contributed by atoms with E-state index in [1.807, 2.05) is 49.4 Å². The maximum Gasteiger partial charge on any atom is 0.294 e. The first-order valence-corrected chi connectivity index (χ1v) is 7.50. The van der Waals surface area contributed by atoms with E-state index in [1.54, 1.807) is 12.5 Å². The second-order valence-electron chi connectivity index (χ2n) is 4.47. The second-order valence-corrected chi connectivity index (χ2v) is 5.38. The zero-order valence-corrected chi connectivity index (χ0v) is 13.1. The number of benzene rings is 1. The van der Waals surface area contributed by atoms with Gasteiger partial charge in [0.15, 0.2) is 0 Å². The average Bonchev–Trinajstić information content (AvgIpc) is 2.93. The third-order valence-corrected chi connectivity index (χ3v) is 3.64. The van der Waals surface area contributed by atoms with Crippen molar-refractivity contribution in [3.63, 3.8) is 0 Å². The van der Waals surface area contributed by atoms with E-state index in [1.165, 1.54) is 0 Å². The Morgan fingerprint density at radius 3 is 2.62 bits per heavy atom. The van der Waals surface area contributed by atoms with Crippen molar-refractivity contribution in [2.75, 3.05) is 6.61 Å². The van der Waals surface area contributed by atoms with Crippen molar-refractivity contribution < 1.29 is 9.15 Å². The van der Waals surface area contributed by atoms with Crippen LogP contribution in [0, 0.1) is 0 Å². The van der Waals surface area contributed by atoms with Crippen LogP contribution in [0.4, 0.5) is 0 Å². The molecule has 0 fully saturated rings. The molecule has 2 heterocycles. The lowest BCUT2D eigenvalue weighted by atomic mass is 10.0. The number of hydrogen-bond acceptors (Lipinski definition) is 3. The van der Waals surface area contributed by atoms with Crippen molar-refractivity contribution in [1.29, 1.82) is 0 Å². The van der Waals surface area contributed by atoms with E-state index in [9.17, 15) is 0 Å². The lowest BCUT2D eigenvalue weighted by molar-refractivity contribution is 0.259. The molecule has 3 aromatic rings. The zero-order valence-electron chi connectivity index (χ0n) is 11.5. The molecule has 0 atom stereocenters. The molecule has 21 heavy (non-hydrogen) atoms. The van der Waals surface area contributed by atoms with Crippen molar-refractivity contribution in [2.45, 2.75) is 6.92 Å². The largest absolute Gasteiger partial charge is 0.465 e. The molecule has 3 rings (SSSR count). The predicted molar refractivity (Wildman–Crippen MR) is 86.2 cm³/mol. The molecule has 0 saturated carbocycles. The lowest BCUT2D eigenvalue weighted by Crippen LogP contribution is -1.93. The number of ether oxygens (including phenoxy) is 1. The summed E-state index contributed by atoms with van der Waals surface area (Å²) in [5.41, 5.74) is 3.77. The molecule has 0 saturated heterocycles. The van der Waals surface area contributed by atoms with E-state index < -0.39 is 0 Å². The van der Waals surface area contributed by atoms with Gasteiger partial charge in [0.05, 0.1) is 17.9 Å². The molecule has 3 nitrogen and oxygen atoms in total. The quantitative estimate of drug-likeness (QED) is 0.655. The van der Waals surface area contributed by atoms with Crippen molar-refractivity contribution in [1.82, 2.24) is 4.98 Å². The minimum Gasteiger partial charge on any atom is -0.465 e. The van der Waals surface area contributed by atoms with Gasteiger partial charge in [0, 0.05) is 16.2 Å². The third-order valence-electron chi connectivity index (χ3n) is 3.11. The number of aromatic nitrogens is 1. The number of halogens is 1. The highest BCUT2D eigenvalue weighted by molar-refractivity contribution is 9.10. The standard InChI is InChI=1S/C17H14BrNO2/c1-2-20-17-16(15-5-3-4-10-19-15)14(11-21-17)12-6-8-13(18)9-7-12/h3-11H,2H2,1H3. The first-order valence-electron chi connectivity index (χ1n) is 6.71. The molecular weight excluding hydrogens is 330 g/mol. The predicted octanol–water partition coefficient (Wildman–Crippen LogP) is 5.17. The molecule has 0 aliphatic rings. The third kappa shape index (κ3) is 2.85. The summed E-state index contributed by atoms with van der Waals surface area (Å²) in [5.74, 6) is 0.508. The van der Waals surface area contributed by atoms with E-state index in [2.05, 4.69) is 20.9 Å². The molecule has 0 N–H and O–H groups in total. The van der Waals surface area contributed by atoms with Gasteiger partial charge in [-0.25, -0.2) is 0 Å². The van der Waals surface area contributed by atoms with Gasteiger partial charge in [0.25, 0.3) is 5.95 Å². The summed E-state index contributed by atoms with van der Waals surface area (Å²) < 4.78 is 12.2. The van der Waals surface area contributed by atoms with Gasteiger partial charge in [0.2, 0.25) is 0 Å². The fourth-order valence-corrected chi connectivity index (χ4v) is 2.44. The van der Waals surface area contributed by atoms with Gasteiger partial charge >= 0.3 is 0 Å². The van der Waals surface area contributed by atoms with Gasteiger partial charge in [-0.15, -0.1) is 0 Å². The van der Waals surface area contributed by atoms with E-state index in [-0.39, 0.29) is 0 Å². The first kappa shape index (κ1) is 13.9. The minimum atomic E-state index is 0.508. The fraction of sp³-hybridized carbons (Fsp3) is 0.118. The highest BCUT2D eigenvalue weighted by atomic mass is 79.9. The molecule has 0 bridgehead atoms. The fourth-order valence-electron chi connectivity index (χ4n) is 2.17. The lowest BCUT2D eigenvalue weighted by Gasteiger charge is -2.06. The number of pyridine rings is 1. The summed E-state index contributed by atoms with van der Waals surface area (Å²) >= 11 is 3.45. The summed E-state index contributed by atoms with van der Waals surface area (Å²) in [6.45, 7) is 2.48. The van der Waals surface area contributed by atoms with Crippen molar-refractivity contribution in [2.24, 2.45) is 0 Å². The maximum absolute atomic E-state index is 5.60. The maximum atomic E-state index is 5.60. The van der Waals surface area contributed by atoms with Gasteiger partial charge in [-0.1, -0.05) is 34.1 Å². The van der Waals surface area contributed by atoms with Gasteiger partial charge in [-0.05, 0) is 36.8 Å². The minimum absolute atomic E-state index is 0.508. The van der Waals surface area contributed by atoms with Crippen molar-refractivity contribution in [3.05, 3.63) is 59.4 Å². The molecule has 0 unspecified atom stereocenters. The van der Waals surface area contributed by atoms with Gasteiger partial charge in [-0.2, -0.15) is 0 Å². The Bertz CT molecular complexity index is 720. The first-order chi connectivity index (χ1) is 10.3. The monoisotopic (exact) mass is 343 g/mol. The van der Waals surface area contributed by atoms with Crippen LogP contribution in [0.15, 0.2) is 63.8 Å². The van der Waals surface area contributed by atoms with Crippen LogP contribution in [0.2, 0.25) is 0 Å². The molecule has 0 spiro atoms. The van der Waals surface area contributed by atoms with E-state index in [4.69, 9.17) is 9.15 Å². The summed E-state index contributed by atoms with van der Waals surface area (Å²) in [7, 11) is 0. The van der Waals surface area contributed by atoms with Crippen LogP contribution in [0.25, 0.3) is 22.4 Å². The molecule has 0 radical (unpaired) electrons. The van der Waals surface area contributed by atoms with Crippen LogP contribution >= 0.6 is 15.9 Å². The summed E-state index contributed by atoms with van der Waals surface area (Å²) in [5, 5.41) is 0. The van der Waals surface area contributed by atoms with Gasteiger partial charge in [-0.3, -0.25) is 4.98 Å². The van der Waals surface area contributed by atoms with Gasteiger partial charge in [0.1, 0.15) is 6.26 Å². The van der Waals surface area contributed by atoms with Crippen LogP contribution in [0.3, 0.4) is 0 Å². The number of hydrogen-bond donors (Lipinski definition) is 0. The van der Waals surface area contributed by atoms with Crippen LogP contribution in [-0.4, -0.2) is 11.6 Å². The molecule has 2 aromatic heterocycles. The number of nitrogens with zero attached hydrogens (tertiary/aromatic N) is 1. The highest BCUT2D eigenvalue weighted by Crippen LogP contribution is 2.40. The van der Waals surface area contributed by atoms with Crippen LogP contribution in [0.5, 0.6) is 5.95 Å². The summed E-state index contributed by atoms with van der Waals surface area (Å²) in [6, 6.07) is 13.9. The molecule has 0 aliphatic heterocycles. The average molecular weight is 344 g/mol. The van der Waals surface area contributed by atoms with Crippen molar-refractivity contribution >= 4 is 15.9 Å².